The third kappa shape index (κ3) is 9.03. The molecule has 0 heterocycles. The topological polar surface area (TPSA) is 87.3 Å². The fourth-order valence-corrected chi connectivity index (χ4v) is 4.69. The number of hydrogen-bond acceptors (Lipinski definition) is 4. The Bertz CT molecular complexity index is 1660. The third-order valence-electron chi connectivity index (χ3n) is 5.78. The van der Waals surface area contributed by atoms with Crippen LogP contribution in [0.4, 0.5) is 28.9 Å². The molecule has 6 nitrogen and oxygen atoms in total. The van der Waals surface area contributed by atoms with Crippen LogP contribution in [0.1, 0.15) is 21.5 Å². The summed E-state index contributed by atoms with van der Waals surface area (Å²) in [5.74, 6) is -2.99. The van der Waals surface area contributed by atoms with Gasteiger partial charge in [0.25, 0.3) is 11.8 Å². The minimum atomic E-state index is -4.61. The predicted molar refractivity (Wildman–Crippen MR) is 162 cm³/mol. The van der Waals surface area contributed by atoms with Gasteiger partial charge in [-0.05, 0) is 72.3 Å². The average Bonchev–Trinajstić information content (AvgIpc) is 2.97. The molecular weight excluding hydrogens is 650 g/mol. The number of carbonyl (C=O) groups is 3. The Hall–Kier alpha value is -4.42. The van der Waals surface area contributed by atoms with E-state index in [2.05, 4.69) is 31.9 Å². The Balaban J connectivity index is 1.41. The summed E-state index contributed by atoms with van der Waals surface area (Å²) in [4.78, 5) is 38.9. The van der Waals surface area contributed by atoms with E-state index in [0.717, 1.165) is 28.4 Å². The van der Waals surface area contributed by atoms with Crippen LogP contribution in [-0.2, 0) is 15.8 Å². The minimum Gasteiger partial charge on any atom is -0.325 e. The summed E-state index contributed by atoms with van der Waals surface area (Å²) >= 11 is 4.43. The standard InChI is InChI=1S/C31H22BrF4N3O3S/c32-20-11-9-19(10-12-20)17-27(39-29(41)23-5-1-3-7-25(23)33)30(42)37-21-13-15-22(16-14-21)43-18-28(40)38-26-8-4-2-6-24(26)31(34,35)36/h1-17H,18H2,(H,37,42)(H,38,40)(H,39,41)/b27-17+. The second kappa shape index (κ2) is 14.2. The van der Waals surface area contributed by atoms with Crippen molar-refractivity contribution in [1.82, 2.24) is 5.32 Å². The van der Waals surface area contributed by atoms with Crippen LogP contribution in [0.2, 0.25) is 0 Å². The molecule has 0 aliphatic carbocycles. The molecule has 0 saturated heterocycles. The molecule has 0 saturated carbocycles. The summed E-state index contributed by atoms with van der Waals surface area (Å²) in [5.41, 5.74) is -0.668. The Morgan fingerprint density at radius 1 is 0.814 bits per heavy atom. The molecule has 0 aromatic heterocycles. The molecule has 3 N–H and O–H groups in total. The molecule has 220 valence electrons. The van der Waals surface area contributed by atoms with Crippen molar-refractivity contribution in [3.8, 4) is 0 Å². The van der Waals surface area contributed by atoms with Crippen molar-refractivity contribution >= 4 is 62.9 Å². The summed E-state index contributed by atoms with van der Waals surface area (Å²) in [7, 11) is 0. The molecule has 0 spiro atoms. The van der Waals surface area contributed by atoms with E-state index in [1.165, 1.54) is 42.5 Å². The van der Waals surface area contributed by atoms with Crippen molar-refractivity contribution in [2.75, 3.05) is 16.4 Å². The van der Waals surface area contributed by atoms with Crippen molar-refractivity contribution in [3.05, 3.63) is 130 Å². The quantitative estimate of drug-likeness (QED) is 0.0965. The van der Waals surface area contributed by atoms with E-state index in [0.29, 0.717) is 16.1 Å². The smallest absolute Gasteiger partial charge is 0.325 e. The fourth-order valence-electron chi connectivity index (χ4n) is 3.73. The normalized spacial score (nSPS) is 11.5. The molecule has 0 atom stereocenters. The van der Waals surface area contributed by atoms with Gasteiger partial charge in [-0.2, -0.15) is 13.2 Å². The maximum atomic E-state index is 14.2. The van der Waals surface area contributed by atoms with Crippen LogP contribution >= 0.6 is 27.7 Å². The molecule has 0 aliphatic heterocycles. The molecule has 4 aromatic rings. The van der Waals surface area contributed by atoms with Crippen LogP contribution in [0.25, 0.3) is 6.08 Å². The van der Waals surface area contributed by atoms with Gasteiger partial charge >= 0.3 is 6.18 Å². The van der Waals surface area contributed by atoms with Gasteiger partial charge in [0, 0.05) is 15.1 Å². The first kappa shape index (κ1) is 31.5. The van der Waals surface area contributed by atoms with Crippen molar-refractivity contribution < 1.29 is 31.9 Å². The van der Waals surface area contributed by atoms with Gasteiger partial charge in [-0.3, -0.25) is 14.4 Å². The van der Waals surface area contributed by atoms with Gasteiger partial charge in [0.05, 0.1) is 22.6 Å². The van der Waals surface area contributed by atoms with E-state index in [9.17, 15) is 31.9 Å². The molecule has 4 rings (SSSR count). The number of halogens is 5. The molecule has 3 amide bonds. The van der Waals surface area contributed by atoms with E-state index >= 15 is 0 Å². The molecule has 0 unspecified atom stereocenters. The van der Waals surface area contributed by atoms with E-state index in [1.807, 2.05) is 0 Å². The van der Waals surface area contributed by atoms with Crippen molar-refractivity contribution in [1.29, 1.82) is 0 Å². The van der Waals surface area contributed by atoms with E-state index in [1.54, 1.807) is 48.5 Å². The summed E-state index contributed by atoms with van der Waals surface area (Å²) in [6.45, 7) is 0. The van der Waals surface area contributed by atoms with Gasteiger partial charge in [0.2, 0.25) is 5.91 Å². The second-order valence-electron chi connectivity index (χ2n) is 8.90. The van der Waals surface area contributed by atoms with E-state index < -0.39 is 35.3 Å². The van der Waals surface area contributed by atoms with Gasteiger partial charge in [-0.25, -0.2) is 4.39 Å². The molecule has 0 fully saturated rings. The summed E-state index contributed by atoms with van der Waals surface area (Å²) in [6.07, 6.45) is -3.16. The average molecular weight is 672 g/mol. The monoisotopic (exact) mass is 671 g/mol. The van der Waals surface area contributed by atoms with Gasteiger partial charge < -0.3 is 16.0 Å². The Kier molecular flexibility index (Phi) is 10.4. The van der Waals surface area contributed by atoms with E-state index in [-0.39, 0.29) is 22.7 Å². The number of benzene rings is 4. The highest BCUT2D eigenvalue weighted by atomic mass is 79.9. The SMILES string of the molecule is O=C(CSc1ccc(NC(=O)/C(=C\c2ccc(Br)cc2)NC(=O)c2ccccc2F)cc1)Nc1ccccc1C(F)(F)F. The number of alkyl halides is 3. The van der Waals surface area contributed by atoms with Gasteiger partial charge in [0.1, 0.15) is 11.5 Å². The van der Waals surface area contributed by atoms with Crippen molar-refractivity contribution in [2.45, 2.75) is 11.1 Å². The van der Waals surface area contributed by atoms with E-state index in [4.69, 9.17) is 0 Å². The fraction of sp³-hybridized carbons (Fsp3) is 0.0645. The number of carbonyl (C=O) groups excluding carboxylic acids is 3. The van der Waals surface area contributed by atoms with Gasteiger partial charge in [-0.1, -0.05) is 52.3 Å². The zero-order chi connectivity index (χ0) is 31.0. The highest BCUT2D eigenvalue weighted by molar-refractivity contribution is 9.10. The molecule has 0 aliphatic rings. The summed E-state index contributed by atoms with van der Waals surface area (Å²) in [5, 5.41) is 7.43. The third-order valence-corrected chi connectivity index (χ3v) is 7.32. The number of nitrogens with one attached hydrogen (secondary N) is 3. The van der Waals surface area contributed by atoms with Crippen molar-refractivity contribution in [2.24, 2.45) is 0 Å². The number of para-hydroxylation sites is 1. The predicted octanol–water partition coefficient (Wildman–Crippen LogP) is 7.75. The molecule has 0 radical (unpaired) electrons. The first-order valence-corrected chi connectivity index (χ1v) is 14.3. The van der Waals surface area contributed by atoms with Crippen molar-refractivity contribution in [3.63, 3.8) is 0 Å². The lowest BCUT2D eigenvalue weighted by Crippen LogP contribution is -2.31. The van der Waals surface area contributed by atoms with Crippen LogP contribution in [-0.4, -0.2) is 23.5 Å². The van der Waals surface area contributed by atoms with Crippen LogP contribution in [0, 0.1) is 5.82 Å². The number of thioether (sulfide) groups is 1. The molecule has 43 heavy (non-hydrogen) atoms. The Morgan fingerprint density at radius 2 is 1.47 bits per heavy atom. The number of hydrogen-bond donors (Lipinski definition) is 3. The maximum absolute atomic E-state index is 14.2. The highest BCUT2D eigenvalue weighted by Crippen LogP contribution is 2.34. The number of rotatable bonds is 9. The second-order valence-corrected chi connectivity index (χ2v) is 10.9. The lowest BCUT2D eigenvalue weighted by Gasteiger charge is -2.13. The minimum absolute atomic E-state index is 0.134. The first-order valence-electron chi connectivity index (χ1n) is 12.5. The lowest BCUT2D eigenvalue weighted by atomic mass is 10.1. The highest BCUT2D eigenvalue weighted by Gasteiger charge is 2.33. The van der Waals surface area contributed by atoms with Crippen LogP contribution in [0.3, 0.4) is 0 Å². The van der Waals surface area contributed by atoms with Gasteiger partial charge in [-0.15, -0.1) is 11.8 Å². The Labute approximate surface area is 256 Å². The zero-order valence-corrected chi connectivity index (χ0v) is 24.4. The number of anilines is 2. The Morgan fingerprint density at radius 3 is 2.14 bits per heavy atom. The van der Waals surface area contributed by atoms with Gasteiger partial charge in [0.15, 0.2) is 0 Å². The summed E-state index contributed by atoms with van der Waals surface area (Å²) < 4.78 is 54.5. The largest absolute Gasteiger partial charge is 0.418 e. The summed E-state index contributed by atoms with van der Waals surface area (Å²) in [6, 6.07) is 23.4. The molecule has 0 bridgehead atoms. The first-order chi connectivity index (χ1) is 20.5. The van der Waals surface area contributed by atoms with Crippen LogP contribution in [0.5, 0.6) is 0 Å². The molecule has 12 heteroatoms. The lowest BCUT2D eigenvalue weighted by molar-refractivity contribution is -0.137. The van der Waals surface area contributed by atoms with Crippen LogP contribution in [0.15, 0.2) is 112 Å². The molecular formula is C31H22BrF4N3O3S. The maximum Gasteiger partial charge on any atom is 0.418 e. The number of amides is 3. The van der Waals surface area contributed by atoms with Crippen LogP contribution < -0.4 is 16.0 Å². The zero-order valence-electron chi connectivity index (χ0n) is 22.0. The molecule has 4 aromatic carbocycles.